The van der Waals surface area contributed by atoms with Gasteiger partial charge in [0.1, 0.15) is 11.0 Å². The molecule has 0 aliphatic carbocycles. The highest BCUT2D eigenvalue weighted by molar-refractivity contribution is 8.00. The summed E-state index contributed by atoms with van der Waals surface area (Å²) in [7, 11) is 0. The zero-order valence-electron chi connectivity index (χ0n) is 14.5. The van der Waals surface area contributed by atoms with Crippen LogP contribution in [0.25, 0.3) is 0 Å². The predicted molar refractivity (Wildman–Crippen MR) is 97.4 cm³/mol. The Bertz CT molecular complexity index is 320. The van der Waals surface area contributed by atoms with Crippen molar-refractivity contribution in [2.75, 3.05) is 5.75 Å². The van der Waals surface area contributed by atoms with Crippen LogP contribution in [0.4, 0.5) is 0 Å². The molecule has 0 aromatic carbocycles. The molecule has 7 unspecified atom stereocenters. The highest BCUT2D eigenvalue weighted by Crippen LogP contribution is 2.43. The van der Waals surface area contributed by atoms with Gasteiger partial charge in [-0.1, -0.05) is 38.9 Å². The van der Waals surface area contributed by atoms with Gasteiger partial charge >= 0.3 is 0 Å². The molecule has 0 N–H and O–H groups in total. The molecule has 0 aromatic heterocycles. The monoisotopic (exact) mass is 330 g/mol. The first-order chi connectivity index (χ1) is 9.86. The van der Waals surface area contributed by atoms with E-state index in [0.717, 1.165) is 39.9 Å². The molecule has 0 bridgehead atoms. The van der Waals surface area contributed by atoms with Crippen molar-refractivity contribution in [3.05, 3.63) is 0 Å². The Kier molecular flexibility index (Phi) is 6.83. The Morgan fingerprint density at radius 2 is 1.81 bits per heavy atom. The molecule has 2 saturated heterocycles. The Hall–Kier alpha value is 0.660. The van der Waals surface area contributed by atoms with Crippen LogP contribution in [0.5, 0.6) is 0 Å². The van der Waals surface area contributed by atoms with Crippen molar-refractivity contribution >= 4 is 22.9 Å². The van der Waals surface area contributed by atoms with Gasteiger partial charge in [-0.15, -0.1) is 0 Å². The molecule has 1 nitrogen and oxygen atoms in total. The van der Waals surface area contributed by atoms with E-state index in [4.69, 9.17) is 0 Å². The summed E-state index contributed by atoms with van der Waals surface area (Å²) in [6.07, 6.45) is 6.59. The fourth-order valence-corrected chi connectivity index (χ4v) is 7.43. The zero-order chi connectivity index (χ0) is 15.6. The number of rotatable bonds is 4. The van der Waals surface area contributed by atoms with Crippen molar-refractivity contribution < 1.29 is 4.55 Å². The molecule has 2 aliphatic heterocycles. The summed E-state index contributed by atoms with van der Waals surface area (Å²) in [5.74, 6) is 4.33. The Balaban J connectivity index is 1.85. The largest absolute Gasteiger partial charge is 0.616 e. The average molecular weight is 331 g/mol. The minimum Gasteiger partial charge on any atom is -0.616 e. The van der Waals surface area contributed by atoms with Crippen LogP contribution in [0.1, 0.15) is 66.7 Å². The standard InChI is InChI=1S/C18H34OS2/c1-12(2)17-9-14(4)20-18(11-17)8-13(3)16-6-7-21(19)15(5)10-16/h12-18H,6-11H2,1-5H3. The molecule has 2 heterocycles. The van der Waals surface area contributed by atoms with E-state index in [-0.39, 0.29) is 0 Å². The third kappa shape index (κ3) is 5.07. The van der Waals surface area contributed by atoms with Crippen LogP contribution in [-0.2, 0) is 11.2 Å². The maximum Gasteiger partial charge on any atom is 0.113 e. The fourth-order valence-electron chi connectivity index (χ4n) is 4.24. The van der Waals surface area contributed by atoms with Crippen molar-refractivity contribution in [3.8, 4) is 0 Å². The fraction of sp³-hybridized carbons (Fsp3) is 1.00. The predicted octanol–water partition coefficient (Wildman–Crippen LogP) is 5.12. The first-order valence-electron chi connectivity index (χ1n) is 8.89. The summed E-state index contributed by atoms with van der Waals surface area (Å²) in [5, 5.41) is 2.12. The third-order valence-corrected chi connectivity index (χ3v) is 8.94. The lowest BCUT2D eigenvalue weighted by Crippen LogP contribution is -2.35. The van der Waals surface area contributed by atoms with Gasteiger partial charge in [0.05, 0.1) is 0 Å². The van der Waals surface area contributed by atoms with Crippen LogP contribution in [0.3, 0.4) is 0 Å². The Morgan fingerprint density at radius 1 is 1.10 bits per heavy atom. The van der Waals surface area contributed by atoms with Crippen molar-refractivity contribution in [2.24, 2.45) is 23.7 Å². The third-order valence-electron chi connectivity index (χ3n) is 5.78. The van der Waals surface area contributed by atoms with Crippen LogP contribution in [-0.4, -0.2) is 26.1 Å². The highest BCUT2D eigenvalue weighted by atomic mass is 32.2. The lowest BCUT2D eigenvalue weighted by molar-refractivity contribution is 0.265. The van der Waals surface area contributed by atoms with Gasteiger partial charge in [-0.2, -0.15) is 11.8 Å². The molecule has 3 heteroatoms. The van der Waals surface area contributed by atoms with E-state index in [0.29, 0.717) is 5.25 Å². The van der Waals surface area contributed by atoms with E-state index in [9.17, 15) is 4.55 Å². The lowest BCUT2D eigenvalue weighted by atomic mass is 9.80. The zero-order valence-corrected chi connectivity index (χ0v) is 16.1. The summed E-state index contributed by atoms with van der Waals surface area (Å²) < 4.78 is 11.8. The molecule has 2 fully saturated rings. The van der Waals surface area contributed by atoms with Gasteiger partial charge < -0.3 is 4.55 Å². The van der Waals surface area contributed by atoms with Crippen molar-refractivity contribution in [2.45, 2.75) is 82.5 Å². The lowest BCUT2D eigenvalue weighted by Gasteiger charge is -2.38. The first kappa shape index (κ1) is 18.0. The molecule has 124 valence electrons. The van der Waals surface area contributed by atoms with Crippen LogP contribution in [0.15, 0.2) is 0 Å². The molecule has 0 aromatic rings. The van der Waals surface area contributed by atoms with Gasteiger partial charge in [0.25, 0.3) is 0 Å². The van der Waals surface area contributed by atoms with Gasteiger partial charge in [-0.05, 0) is 62.7 Å². The second-order valence-electron chi connectivity index (χ2n) is 7.94. The molecule has 0 radical (unpaired) electrons. The summed E-state index contributed by atoms with van der Waals surface area (Å²) in [4.78, 5) is 0. The van der Waals surface area contributed by atoms with Gasteiger partial charge in [0.15, 0.2) is 0 Å². The van der Waals surface area contributed by atoms with Gasteiger partial charge in [-0.25, -0.2) is 0 Å². The van der Waals surface area contributed by atoms with E-state index in [1.165, 1.54) is 32.1 Å². The quantitative estimate of drug-likeness (QED) is 0.668. The van der Waals surface area contributed by atoms with E-state index >= 15 is 0 Å². The molecule has 2 aliphatic rings. The van der Waals surface area contributed by atoms with Crippen LogP contribution in [0, 0.1) is 23.7 Å². The Morgan fingerprint density at radius 3 is 2.43 bits per heavy atom. The summed E-state index contributed by atoms with van der Waals surface area (Å²) in [6, 6.07) is 0. The van der Waals surface area contributed by atoms with Crippen molar-refractivity contribution in [1.82, 2.24) is 0 Å². The van der Waals surface area contributed by atoms with Gasteiger partial charge in [-0.3, -0.25) is 0 Å². The molecule has 2 rings (SSSR count). The number of hydrogen-bond acceptors (Lipinski definition) is 2. The maximum atomic E-state index is 11.8. The van der Waals surface area contributed by atoms with Crippen LogP contribution >= 0.6 is 11.8 Å². The number of thioether (sulfide) groups is 1. The Labute approximate surface area is 139 Å². The summed E-state index contributed by atoms with van der Waals surface area (Å²) in [5.41, 5.74) is 0. The summed E-state index contributed by atoms with van der Waals surface area (Å²) in [6.45, 7) is 11.8. The second-order valence-corrected chi connectivity index (χ2v) is 11.7. The van der Waals surface area contributed by atoms with Crippen molar-refractivity contribution in [3.63, 3.8) is 0 Å². The van der Waals surface area contributed by atoms with E-state index in [1.54, 1.807) is 0 Å². The summed E-state index contributed by atoms with van der Waals surface area (Å²) >= 11 is 1.69. The van der Waals surface area contributed by atoms with E-state index in [1.807, 2.05) is 0 Å². The van der Waals surface area contributed by atoms with Crippen molar-refractivity contribution in [1.29, 1.82) is 0 Å². The first-order valence-corrected chi connectivity index (χ1v) is 11.2. The normalized spacial score (nSPS) is 43.0. The molecular formula is C18H34OS2. The SMILES string of the molecule is CC1CC(C(C)C)CC(CC(C)C2CC[S+]([O-])C(C)C2)S1. The molecule has 0 spiro atoms. The molecule has 0 amide bonds. The smallest absolute Gasteiger partial charge is 0.113 e. The molecule has 21 heavy (non-hydrogen) atoms. The molecule has 0 saturated carbocycles. The van der Waals surface area contributed by atoms with E-state index < -0.39 is 11.2 Å². The average Bonchev–Trinajstić information content (AvgIpc) is 2.41. The number of hydrogen-bond donors (Lipinski definition) is 0. The van der Waals surface area contributed by atoms with Crippen LogP contribution < -0.4 is 0 Å². The minimum absolute atomic E-state index is 0.424. The molecule has 7 atom stereocenters. The topological polar surface area (TPSA) is 23.1 Å². The minimum atomic E-state index is -0.552. The van der Waals surface area contributed by atoms with E-state index in [2.05, 4.69) is 46.4 Å². The van der Waals surface area contributed by atoms with Crippen LogP contribution in [0.2, 0.25) is 0 Å². The molecular weight excluding hydrogens is 296 g/mol. The van der Waals surface area contributed by atoms with Gasteiger partial charge in [0.2, 0.25) is 0 Å². The van der Waals surface area contributed by atoms with Gasteiger partial charge in [0, 0.05) is 10.5 Å². The maximum absolute atomic E-state index is 11.8. The second kappa shape index (κ2) is 7.97. The highest BCUT2D eigenvalue weighted by Gasteiger charge is 2.35.